The minimum absolute atomic E-state index is 0.311. The third-order valence-electron chi connectivity index (χ3n) is 5.20. The average Bonchev–Trinajstić information content (AvgIpc) is 3.42. The minimum atomic E-state index is -0.311. The summed E-state index contributed by atoms with van der Waals surface area (Å²) in [5, 5.41) is 7.44. The number of nitrogens with zero attached hydrogens (tertiary/aromatic N) is 6. The second-order valence-corrected chi connectivity index (χ2v) is 7.45. The molecule has 8 nitrogen and oxygen atoms in total. The normalized spacial score (nSPS) is 11.4. The van der Waals surface area contributed by atoms with Gasteiger partial charge in [0.05, 0.1) is 22.4 Å². The summed E-state index contributed by atoms with van der Waals surface area (Å²) in [6.07, 6.45) is 6.57. The highest BCUT2D eigenvalue weighted by molar-refractivity contribution is 5.95. The molecule has 0 amide bonds. The second-order valence-electron chi connectivity index (χ2n) is 7.45. The van der Waals surface area contributed by atoms with Gasteiger partial charge in [-0.15, -0.1) is 0 Å². The van der Waals surface area contributed by atoms with E-state index in [9.17, 15) is 4.39 Å². The molecule has 0 radical (unpaired) electrons. The summed E-state index contributed by atoms with van der Waals surface area (Å²) in [5.41, 5.74) is 7.05. The first kappa shape index (κ1) is 18.3. The lowest BCUT2D eigenvalue weighted by molar-refractivity contribution is 0.627. The number of aromatic nitrogens is 8. The van der Waals surface area contributed by atoms with Gasteiger partial charge < -0.3 is 4.98 Å². The van der Waals surface area contributed by atoms with Crippen LogP contribution in [0.25, 0.3) is 56.1 Å². The van der Waals surface area contributed by atoms with Gasteiger partial charge in [-0.25, -0.2) is 24.3 Å². The zero-order valence-corrected chi connectivity index (χ0v) is 16.8. The largest absolute Gasteiger partial charge is 0.336 e. The lowest BCUT2D eigenvalue weighted by Gasteiger charge is -2.03. The number of halogens is 1. The van der Waals surface area contributed by atoms with Crippen molar-refractivity contribution in [1.29, 1.82) is 0 Å². The molecule has 5 heterocycles. The Morgan fingerprint density at radius 2 is 1.69 bits per heavy atom. The van der Waals surface area contributed by atoms with Crippen molar-refractivity contribution in [3.8, 4) is 34.0 Å². The van der Waals surface area contributed by atoms with Crippen LogP contribution in [0, 0.1) is 12.7 Å². The molecule has 6 rings (SSSR count). The Labute approximate surface area is 180 Å². The number of imidazole rings is 1. The summed E-state index contributed by atoms with van der Waals surface area (Å²) >= 11 is 0. The highest BCUT2D eigenvalue weighted by Crippen LogP contribution is 2.31. The first-order valence-corrected chi connectivity index (χ1v) is 9.89. The van der Waals surface area contributed by atoms with Crippen molar-refractivity contribution in [3.05, 3.63) is 72.7 Å². The van der Waals surface area contributed by atoms with Gasteiger partial charge in [0.2, 0.25) is 0 Å². The number of aryl methyl sites for hydroxylation is 1. The Morgan fingerprint density at radius 3 is 2.53 bits per heavy atom. The molecular weight excluding hydrogens is 407 g/mol. The molecule has 9 heteroatoms. The Hall–Kier alpha value is -4.53. The molecule has 0 bridgehead atoms. The number of pyridine rings is 2. The Morgan fingerprint density at radius 1 is 0.844 bits per heavy atom. The third-order valence-corrected chi connectivity index (χ3v) is 5.20. The molecule has 0 saturated heterocycles. The van der Waals surface area contributed by atoms with E-state index in [-0.39, 0.29) is 5.82 Å². The van der Waals surface area contributed by atoms with E-state index in [2.05, 4.69) is 30.1 Å². The monoisotopic (exact) mass is 422 g/mol. The number of H-pyrrole nitrogens is 2. The third kappa shape index (κ3) is 2.99. The summed E-state index contributed by atoms with van der Waals surface area (Å²) < 4.78 is 14.0. The van der Waals surface area contributed by atoms with Crippen LogP contribution in [0.1, 0.15) is 5.56 Å². The number of aromatic amines is 2. The first-order valence-electron chi connectivity index (χ1n) is 9.89. The lowest BCUT2D eigenvalue weighted by atomic mass is 10.1. The van der Waals surface area contributed by atoms with Gasteiger partial charge >= 0.3 is 0 Å². The summed E-state index contributed by atoms with van der Waals surface area (Å²) in [6, 6.07) is 10.5. The Balaban J connectivity index is 1.52. The average molecular weight is 422 g/mol. The molecular formula is C23H15FN8. The number of rotatable bonds is 3. The molecule has 0 aliphatic carbocycles. The van der Waals surface area contributed by atoms with Crippen LogP contribution in [-0.2, 0) is 0 Å². The van der Waals surface area contributed by atoms with Gasteiger partial charge in [-0.2, -0.15) is 5.10 Å². The summed E-state index contributed by atoms with van der Waals surface area (Å²) in [6.45, 7) is 1.85. The lowest BCUT2D eigenvalue weighted by Crippen LogP contribution is -1.89. The predicted molar refractivity (Wildman–Crippen MR) is 118 cm³/mol. The van der Waals surface area contributed by atoms with Crippen molar-refractivity contribution < 1.29 is 4.39 Å². The van der Waals surface area contributed by atoms with Crippen molar-refractivity contribution >= 4 is 22.1 Å². The number of benzene rings is 1. The van der Waals surface area contributed by atoms with Crippen LogP contribution in [0.4, 0.5) is 4.39 Å². The van der Waals surface area contributed by atoms with Crippen LogP contribution >= 0.6 is 0 Å². The van der Waals surface area contributed by atoms with Crippen molar-refractivity contribution in [2.24, 2.45) is 0 Å². The van der Waals surface area contributed by atoms with E-state index in [1.54, 1.807) is 18.6 Å². The highest BCUT2D eigenvalue weighted by atomic mass is 19.1. The van der Waals surface area contributed by atoms with Crippen LogP contribution in [0.2, 0.25) is 0 Å². The fourth-order valence-electron chi connectivity index (χ4n) is 3.79. The van der Waals surface area contributed by atoms with E-state index in [4.69, 9.17) is 9.97 Å². The van der Waals surface area contributed by atoms with E-state index in [1.165, 1.54) is 18.5 Å². The Kier molecular flexibility index (Phi) is 4.00. The molecule has 1 aromatic carbocycles. The zero-order valence-electron chi connectivity index (χ0n) is 16.8. The van der Waals surface area contributed by atoms with Crippen molar-refractivity contribution in [2.75, 3.05) is 0 Å². The predicted octanol–water partition coefficient (Wildman–Crippen LogP) is 4.47. The highest BCUT2D eigenvalue weighted by Gasteiger charge is 2.17. The van der Waals surface area contributed by atoms with Crippen LogP contribution in [0.15, 0.2) is 61.3 Å². The topological polar surface area (TPSA) is 109 Å². The maximum atomic E-state index is 14.0. The quantitative estimate of drug-likeness (QED) is 0.436. The molecule has 0 aliphatic rings. The van der Waals surface area contributed by atoms with Gasteiger partial charge in [0.25, 0.3) is 0 Å². The van der Waals surface area contributed by atoms with Crippen molar-refractivity contribution in [1.82, 2.24) is 40.1 Å². The van der Waals surface area contributed by atoms with Crippen LogP contribution in [0.3, 0.4) is 0 Å². The van der Waals surface area contributed by atoms with E-state index in [0.29, 0.717) is 33.8 Å². The van der Waals surface area contributed by atoms with Crippen LogP contribution < -0.4 is 0 Å². The Bertz CT molecular complexity index is 1580. The molecule has 32 heavy (non-hydrogen) atoms. The SMILES string of the molecule is Cc1cc(F)cc(-c2nccc3[nH]c(-c4n[nH]c5ccc(-c6cncnc6)nc45)nc23)c1. The number of hydrogen-bond donors (Lipinski definition) is 2. The molecule has 6 aromatic rings. The zero-order chi connectivity index (χ0) is 21.7. The molecule has 0 aliphatic heterocycles. The van der Waals surface area contributed by atoms with E-state index in [1.807, 2.05) is 31.2 Å². The number of nitrogens with one attached hydrogen (secondary N) is 2. The van der Waals surface area contributed by atoms with Gasteiger partial charge in [-0.05, 0) is 48.9 Å². The standard InChI is InChI=1S/C23H15FN8/c1-12-6-13(8-15(24)7-12)19-20-17(4-5-27-19)29-23(30-20)22-21-18(31-32-22)3-2-16(28-21)14-9-25-11-26-10-14/h2-11H,1H3,(H,29,30)(H,31,32). The minimum Gasteiger partial charge on any atom is -0.336 e. The molecule has 0 unspecified atom stereocenters. The summed E-state index contributed by atoms with van der Waals surface area (Å²) in [7, 11) is 0. The smallest absolute Gasteiger partial charge is 0.161 e. The summed E-state index contributed by atoms with van der Waals surface area (Å²) in [5.74, 6) is 0.233. The maximum Gasteiger partial charge on any atom is 0.161 e. The summed E-state index contributed by atoms with van der Waals surface area (Å²) in [4.78, 5) is 25.4. The van der Waals surface area contributed by atoms with Gasteiger partial charge in [-0.3, -0.25) is 10.1 Å². The molecule has 0 atom stereocenters. The molecule has 2 N–H and O–H groups in total. The molecule has 0 fully saturated rings. The van der Waals surface area contributed by atoms with Gasteiger partial charge in [0.1, 0.15) is 23.2 Å². The molecule has 154 valence electrons. The molecule has 0 spiro atoms. The van der Waals surface area contributed by atoms with Gasteiger partial charge in [-0.1, -0.05) is 0 Å². The van der Waals surface area contributed by atoms with Crippen molar-refractivity contribution in [2.45, 2.75) is 6.92 Å². The first-order chi connectivity index (χ1) is 15.7. The number of hydrogen-bond acceptors (Lipinski definition) is 6. The van der Waals surface area contributed by atoms with E-state index >= 15 is 0 Å². The maximum absolute atomic E-state index is 14.0. The van der Waals surface area contributed by atoms with E-state index < -0.39 is 0 Å². The fourth-order valence-corrected chi connectivity index (χ4v) is 3.79. The second kappa shape index (κ2) is 7.02. The molecule has 0 saturated carbocycles. The van der Waals surface area contributed by atoms with Gasteiger partial charge in [0.15, 0.2) is 11.5 Å². The van der Waals surface area contributed by atoms with Crippen LogP contribution in [0.5, 0.6) is 0 Å². The van der Waals surface area contributed by atoms with Crippen LogP contribution in [-0.4, -0.2) is 40.1 Å². The van der Waals surface area contributed by atoms with Crippen molar-refractivity contribution in [3.63, 3.8) is 0 Å². The fraction of sp³-hybridized carbons (Fsp3) is 0.0435. The molecule has 5 aromatic heterocycles. The number of fused-ring (bicyclic) bond motifs is 2. The van der Waals surface area contributed by atoms with Gasteiger partial charge in [0, 0.05) is 29.7 Å². The van der Waals surface area contributed by atoms with E-state index in [0.717, 1.165) is 27.9 Å².